The van der Waals surface area contributed by atoms with E-state index in [4.69, 9.17) is 4.74 Å². The quantitative estimate of drug-likeness (QED) is 0.483. The van der Waals surface area contributed by atoms with Gasteiger partial charge in [0.15, 0.2) is 0 Å². The third-order valence-electron chi connectivity index (χ3n) is 4.43. The van der Waals surface area contributed by atoms with Gasteiger partial charge in [-0.15, -0.1) is 0 Å². The predicted molar refractivity (Wildman–Crippen MR) is 102 cm³/mol. The van der Waals surface area contributed by atoms with Crippen LogP contribution < -0.4 is 9.47 Å². The Morgan fingerprint density at radius 3 is 2.57 bits per heavy atom. The third-order valence-corrected chi connectivity index (χ3v) is 4.43. The summed E-state index contributed by atoms with van der Waals surface area (Å²) in [6.45, 7) is -2.50. The lowest BCUT2D eigenvalue weighted by Crippen LogP contribution is -2.06. The van der Waals surface area contributed by atoms with Gasteiger partial charge in [0, 0.05) is 23.4 Å². The number of alkyl halides is 2. The van der Waals surface area contributed by atoms with Crippen LogP contribution in [0.2, 0.25) is 0 Å². The molecule has 0 aliphatic carbocycles. The van der Waals surface area contributed by atoms with Crippen LogP contribution in [0.25, 0.3) is 22.2 Å². The molecule has 28 heavy (non-hydrogen) atoms. The van der Waals surface area contributed by atoms with E-state index in [-0.39, 0.29) is 5.75 Å². The number of ether oxygens (including phenoxy) is 2. The maximum Gasteiger partial charge on any atom is 0.387 e. The molecular weight excluding hydrogens is 364 g/mol. The number of para-hydroxylation sites is 1. The molecule has 0 fully saturated rings. The Balaban J connectivity index is 1.69. The maximum absolute atomic E-state index is 12.7. The van der Waals surface area contributed by atoms with Gasteiger partial charge < -0.3 is 14.0 Å². The molecule has 0 amide bonds. The zero-order valence-electron chi connectivity index (χ0n) is 15.0. The summed E-state index contributed by atoms with van der Waals surface area (Å²) in [6.07, 6.45) is 3.44. The fraction of sp³-hybridized carbons (Fsp3) is 0.143. The molecule has 5 nitrogen and oxygen atoms in total. The summed E-state index contributed by atoms with van der Waals surface area (Å²) >= 11 is 0. The van der Waals surface area contributed by atoms with Gasteiger partial charge in [0.25, 0.3) is 0 Å². The molecule has 4 aromatic rings. The van der Waals surface area contributed by atoms with Crippen LogP contribution in [0.1, 0.15) is 5.56 Å². The fourth-order valence-electron chi connectivity index (χ4n) is 3.06. The van der Waals surface area contributed by atoms with E-state index < -0.39 is 6.61 Å². The summed E-state index contributed by atoms with van der Waals surface area (Å²) in [5.41, 5.74) is 4.27. The van der Waals surface area contributed by atoms with Gasteiger partial charge in [0.1, 0.15) is 5.75 Å². The Bertz CT molecular complexity index is 1090. The molecule has 2 aromatic heterocycles. The van der Waals surface area contributed by atoms with Gasteiger partial charge >= 0.3 is 6.61 Å². The number of fused-ring (bicyclic) bond motifs is 1. The van der Waals surface area contributed by atoms with Crippen molar-refractivity contribution in [3.05, 3.63) is 72.7 Å². The van der Waals surface area contributed by atoms with Crippen molar-refractivity contribution in [3.8, 4) is 22.8 Å². The first-order valence-electron chi connectivity index (χ1n) is 8.62. The highest BCUT2D eigenvalue weighted by Crippen LogP contribution is 2.27. The zero-order chi connectivity index (χ0) is 19.5. The first-order valence-corrected chi connectivity index (χ1v) is 8.62. The molecule has 2 heterocycles. The van der Waals surface area contributed by atoms with E-state index in [1.165, 1.54) is 6.07 Å². The molecular formula is C21H17F2N3O2. The maximum atomic E-state index is 12.7. The van der Waals surface area contributed by atoms with Crippen LogP contribution in [0.15, 0.2) is 67.1 Å². The molecule has 7 heteroatoms. The number of hydrogen-bond donors (Lipinski definition) is 0. The highest BCUT2D eigenvalue weighted by molar-refractivity contribution is 5.82. The van der Waals surface area contributed by atoms with Gasteiger partial charge in [-0.05, 0) is 29.8 Å². The minimum atomic E-state index is -2.87. The second kappa shape index (κ2) is 7.64. The number of methoxy groups -OCH3 is 1. The first kappa shape index (κ1) is 17.9. The Morgan fingerprint density at radius 1 is 1.00 bits per heavy atom. The van der Waals surface area contributed by atoms with Crippen LogP contribution in [-0.2, 0) is 6.54 Å². The highest BCUT2D eigenvalue weighted by atomic mass is 19.3. The van der Waals surface area contributed by atoms with E-state index in [0.29, 0.717) is 18.0 Å². The highest BCUT2D eigenvalue weighted by Gasteiger charge is 2.12. The number of halogens is 2. The molecule has 142 valence electrons. The monoisotopic (exact) mass is 381 g/mol. The Morgan fingerprint density at radius 2 is 1.82 bits per heavy atom. The van der Waals surface area contributed by atoms with Gasteiger partial charge in [-0.1, -0.05) is 24.3 Å². The van der Waals surface area contributed by atoms with Crippen molar-refractivity contribution in [1.29, 1.82) is 0 Å². The van der Waals surface area contributed by atoms with E-state index in [1.54, 1.807) is 43.9 Å². The summed E-state index contributed by atoms with van der Waals surface area (Å²) in [5, 5.41) is 0. The minimum absolute atomic E-state index is 0.162. The zero-order valence-corrected chi connectivity index (χ0v) is 15.0. The molecule has 0 N–H and O–H groups in total. The summed E-state index contributed by atoms with van der Waals surface area (Å²) in [6, 6.07) is 16.4. The fourth-order valence-corrected chi connectivity index (χ4v) is 3.06. The largest absolute Gasteiger partial charge is 0.481 e. The second-order valence-corrected chi connectivity index (χ2v) is 6.15. The molecule has 0 saturated heterocycles. The van der Waals surface area contributed by atoms with Crippen molar-refractivity contribution in [2.75, 3.05) is 7.11 Å². The third kappa shape index (κ3) is 3.64. The molecule has 0 atom stereocenters. The summed E-state index contributed by atoms with van der Waals surface area (Å²) in [4.78, 5) is 8.64. The van der Waals surface area contributed by atoms with Crippen molar-refractivity contribution >= 4 is 11.0 Å². The summed E-state index contributed by atoms with van der Waals surface area (Å²) < 4.78 is 37.0. The van der Waals surface area contributed by atoms with Crippen LogP contribution in [0.4, 0.5) is 8.78 Å². The lowest BCUT2D eigenvalue weighted by molar-refractivity contribution is -0.0504. The predicted octanol–water partition coefficient (Wildman–Crippen LogP) is 4.76. The number of aromatic nitrogens is 3. The van der Waals surface area contributed by atoms with Crippen LogP contribution in [0, 0.1) is 0 Å². The standard InChI is InChI=1S/C21H17F2N3O2/c1-27-20-9-7-15(11-24-20)14-6-8-17-18(10-14)26(13-25-17)12-16-4-2-3-5-19(16)28-21(22)23/h2-11,13,21H,12H2,1H3. The van der Waals surface area contributed by atoms with Crippen LogP contribution >= 0.6 is 0 Å². The molecule has 0 saturated carbocycles. The lowest BCUT2D eigenvalue weighted by Gasteiger charge is -2.12. The second-order valence-electron chi connectivity index (χ2n) is 6.15. The minimum Gasteiger partial charge on any atom is -0.481 e. The first-order chi connectivity index (χ1) is 13.6. The molecule has 2 aromatic carbocycles. The van der Waals surface area contributed by atoms with E-state index in [2.05, 4.69) is 14.7 Å². The number of rotatable bonds is 6. The van der Waals surface area contributed by atoms with Crippen molar-refractivity contribution < 1.29 is 18.3 Å². The van der Waals surface area contributed by atoms with Crippen molar-refractivity contribution in [1.82, 2.24) is 14.5 Å². The number of nitrogens with zero attached hydrogens (tertiary/aromatic N) is 3. The number of imidazole rings is 1. The van der Waals surface area contributed by atoms with E-state index in [9.17, 15) is 8.78 Å². The molecule has 0 bridgehead atoms. The van der Waals surface area contributed by atoms with E-state index in [1.807, 2.05) is 28.8 Å². The Kier molecular flexibility index (Phi) is 4.89. The van der Waals surface area contributed by atoms with Gasteiger partial charge in [-0.2, -0.15) is 8.78 Å². The normalized spacial score (nSPS) is 11.1. The van der Waals surface area contributed by atoms with E-state index in [0.717, 1.165) is 22.2 Å². The molecule has 0 aliphatic rings. The van der Waals surface area contributed by atoms with Gasteiger partial charge in [-0.3, -0.25) is 0 Å². The molecule has 0 spiro atoms. The molecule has 0 aliphatic heterocycles. The Hall–Kier alpha value is -3.48. The van der Waals surface area contributed by atoms with E-state index >= 15 is 0 Å². The number of hydrogen-bond acceptors (Lipinski definition) is 4. The van der Waals surface area contributed by atoms with Gasteiger partial charge in [-0.25, -0.2) is 9.97 Å². The topological polar surface area (TPSA) is 49.2 Å². The lowest BCUT2D eigenvalue weighted by atomic mass is 10.1. The van der Waals surface area contributed by atoms with Crippen LogP contribution in [0.5, 0.6) is 11.6 Å². The molecule has 0 unspecified atom stereocenters. The summed E-state index contributed by atoms with van der Waals surface area (Å²) in [5.74, 6) is 0.709. The summed E-state index contributed by atoms with van der Waals surface area (Å²) in [7, 11) is 1.57. The van der Waals surface area contributed by atoms with Crippen molar-refractivity contribution in [2.45, 2.75) is 13.2 Å². The average molecular weight is 381 g/mol. The molecule has 0 radical (unpaired) electrons. The molecule has 4 rings (SSSR count). The van der Waals surface area contributed by atoms with Crippen LogP contribution in [0.3, 0.4) is 0 Å². The number of benzene rings is 2. The van der Waals surface area contributed by atoms with Crippen molar-refractivity contribution in [2.24, 2.45) is 0 Å². The average Bonchev–Trinajstić information content (AvgIpc) is 3.11. The number of pyridine rings is 1. The van der Waals surface area contributed by atoms with Crippen LogP contribution in [-0.4, -0.2) is 28.3 Å². The van der Waals surface area contributed by atoms with Gasteiger partial charge in [0.05, 0.1) is 31.0 Å². The smallest absolute Gasteiger partial charge is 0.387 e. The Labute approximate surface area is 160 Å². The van der Waals surface area contributed by atoms with Crippen molar-refractivity contribution in [3.63, 3.8) is 0 Å². The SMILES string of the molecule is COc1ccc(-c2ccc3ncn(Cc4ccccc4OC(F)F)c3c2)cn1. The van der Waals surface area contributed by atoms with Gasteiger partial charge in [0.2, 0.25) is 5.88 Å².